The van der Waals surface area contributed by atoms with Crippen LogP contribution < -0.4 is 4.90 Å². The number of pyridine rings is 1. The van der Waals surface area contributed by atoms with E-state index in [-0.39, 0.29) is 5.78 Å². The molecule has 0 aliphatic carbocycles. The van der Waals surface area contributed by atoms with Crippen molar-refractivity contribution in [3.63, 3.8) is 0 Å². The second-order valence-electron chi connectivity index (χ2n) is 4.14. The molecule has 0 fully saturated rings. The molecule has 2 rings (SSSR count). The van der Waals surface area contributed by atoms with E-state index < -0.39 is 0 Å². The van der Waals surface area contributed by atoms with E-state index in [1.165, 1.54) is 0 Å². The van der Waals surface area contributed by atoms with Crippen molar-refractivity contribution in [3.8, 4) is 0 Å². The molecule has 0 N–H and O–H groups in total. The molecule has 1 aromatic carbocycles. The maximum Gasteiger partial charge on any atom is 0.194 e. The highest BCUT2D eigenvalue weighted by atomic mass is 79.9. The van der Waals surface area contributed by atoms with Crippen LogP contribution in [0.2, 0.25) is 0 Å². The summed E-state index contributed by atoms with van der Waals surface area (Å²) >= 11 is 3.35. The third-order valence-electron chi connectivity index (χ3n) is 2.57. The Bertz CT molecular complexity index is 547. The van der Waals surface area contributed by atoms with Gasteiger partial charge in [-0.25, -0.2) is 4.98 Å². The molecule has 1 heterocycles. The Morgan fingerprint density at radius 3 is 2.17 bits per heavy atom. The smallest absolute Gasteiger partial charge is 0.194 e. The van der Waals surface area contributed by atoms with E-state index in [2.05, 4.69) is 20.9 Å². The molecule has 0 amide bonds. The SMILES string of the molecule is CN(C)c1ccc(C(=O)c2ccc(Br)cc2)cn1. The summed E-state index contributed by atoms with van der Waals surface area (Å²) in [6.07, 6.45) is 1.61. The Morgan fingerprint density at radius 1 is 1.06 bits per heavy atom. The Hall–Kier alpha value is -1.68. The number of carbonyl (C=O) groups excluding carboxylic acids is 1. The molecule has 0 saturated carbocycles. The van der Waals surface area contributed by atoms with Gasteiger partial charge in [-0.2, -0.15) is 0 Å². The van der Waals surface area contributed by atoms with Crippen LogP contribution in [0.5, 0.6) is 0 Å². The largest absolute Gasteiger partial charge is 0.363 e. The quantitative estimate of drug-likeness (QED) is 0.817. The van der Waals surface area contributed by atoms with E-state index in [0.717, 1.165) is 10.3 Å². The standard InChI is InChI=1S/C14H13BrN2O/c1-17(2)13-8-5-11(9-16-13)14(18)10-3-6-12(15)7-4-10/h3-9H,1-2H3. The zero-order valence-corrected chi connectivity index (χ0v) is 11.8. The first-order valence-electron chi connectivity index (χ1n) is 5.51. The van der Waals surface area contributed by atoms with Crippen molar-refractivity contribution < 1.29 is 4.79 Å². The van der Waals surface area contributed by atoms with Crippen LogP contribution in [-0.2, 0) is 0 Å². The summed E-state index contributed by atoms with van der Waals surface area (Å²) < 4.78 is 0.958. The van der Waals surface area contributed by atoms with E-state index in [9.17, 15) is 4.79 Å². The number of ketones is 1. The molecule has 0 aliphatic rings. The fraction of sp³-hybridized carbons (Fsp3) is 0.143. The topological polar surface area (TPSA) is 33.2 Å². The molecule has 0 aliphatic heterocycles. The molecule has 0 bridgehead atoms. The lowest BCUT2D eigenvalue weighted by Crippen LogP contribution is -2.11. The third-order valence-corrected chi connectivity index (χ3v) is 3.10. The van der Waals surface area contributed by atoms with Gasteiger partial charge in [0.05, 0.1) is 0 Å². The van der Waals surface area contributed by atoms with E-state index in [1.807, 2.05) is 37.2 Å². The monoisotopic (exact) mass is 304 g/mol. The minimum atomic E-state index is -0.0136. The van der Waals surface area contributed by atoms with Crippen molar-refractivity contribution in [1.82, 2.24) is 4.98 Å². The fourth-order valence-electron chi connectivity index (χ4n) is 1.55. The van der Waals surface area contributed by atoms with Crippen LogP contribution in [0.15, 0.2) is 47.1 Å². The molecule has 92 valence electrons. The van der Waals surface area contributed by atoms with Gasteiger partial charge in [-0.3, -0.25) is 4.79 Å². The van der Waals surface area contributed by atoms with Crippen molar-refractivity contribution in [2.24, 2.45) is 0 Å². The summed E-state index contributed by atoms with van der Waals surface area (Å²) in [7, 11) is 3.83. The number of aromatic nitrogens is 1. The van der Waals surface area contributed by atoms with Crippen LogP contribution in [0.4, 0.5) is 5.82 Å². The summed E-state index contributed by atoms with van der Waals surface area (Å²) in [4.78, 5) is 18.3. The number of hydrogen-bond donors (Lipinski definition) is 0. The molecule has 3 nitrogen and oxygen atoms in total. The molecular formula is C14H13BrN2O. The number of carbonyl (C=O) groups is 1. The van der Waals surface area contributed by atoms with Crippen LogP contribution in [0.25, 0.3) is 0 Å². The normalized spacial score (nSPS) is 10.2. The Balaban J connectivity index is 2.26. The third kappa shape index (κ3) is 2.76. The molecule has 0 saturated heterocycles. The molecule has 18 heavy (non-hydrogen) atoms. The van der Waals surface area contributed by atoms with Crippen molar-refractivity contribution in [2.45, 2.75) is 0 Å². The first-order chi connectivity index (χ1) is 8.58. The van der Waals surface area contributed by atoms with Crippen LogP contribution in [0, 0.1) is 0 Å². The minimum absolute atomic E-state index is 0.0136. The van der Waals surface area contributed by atoms with Crippen molar-refractivity contribution >= 4 is 27.5 Å². The predicted molar refractivity (Wildman–Crippen MR) is 76.1 cm³/mol. The van der Waals surface area contributed by atoms with Crippen LogP contribution in [0.1, 0.15) is 15.9 Å². The van der Waals surface area contributed by atoms with Gasteiger partial charge in [0, 0.05) is 35.9 Å². The van der Waals surface area contributed by atoms with Gasteiger partial charge in [0.15, 0.2) is 5.78 Å². The fourth-order valence-corrected chi connectivity index (χ4v) is 1.82. The Kier molecular flexibility index (Phi) is 3.77. The summed E-state index contributed by atoms with van der Waals surface area (Å²) in [6.45, 7) is 0. The predicted octanol–water partition coefficient (Wildman–Crippen LogP) is 3.14. The summed E-state index contributed by atoms with van der Waals surface area (Å²) in [5.41, 5.74) is 1.26. The summed E-state index contributed by atoms with van der Waals surface area (Å²) in [6, 6.07) is 10.9. The highest BCUT2D eigenvalue weighted by molar-refractivity contribution is 9.10. The number of benzene rings is 1. The molecule has 2 aromatic rings. The van der Waals surface area contributed by atoms with Crippen molar-refractivity contribution in [3.05, 3.63) is 58.2 Å². The summed E-state index contributed by atoms with van der Waals surface area (Å²) in [5.74, 6) is 0.822. The minimum Gasteiger partial charge on any atom is -0.363 e. The van der Waals surface area contributed by atoms with Crippen LogP contribution in [-0.4, -0.2) is 24.9 Å². The van der Waals surface area contributed by atoms with Gasteiger partial charge in [-0.1, -0.05) is 15.9 Å². The molecule has 0 spiro atoms. The van der Waals surface area contributed by atoms with E-state index in [4.69, 9.17) is 0 Å². The van der Waals surface area contributed by atoms with Gasteiger partial charge in [0.2, 0.25) is 0 Å². The highest BCUT2D eigenvalue weighted by Crippen LogP contribution is 2.15. The first-order valence-corrected chi connectivity index (χ1v) is 6.31. The average molecular weight is 305 g/mol. The lowest BCUT2D eigenvalue weighted by atomic mass is 10.1. The Morgan fingerprint density at radius 2 is 1.67 bits per heavy atom. The van der Waals surface area contributed by atoms with Gasteiger partial charge in [0.25, 0.3) is 0 Å². The van der Waals surface area contributed by atoms with Gasteiger partial charge in [0.1, 0.15) is 5.82 Å². The lowest BCUT2D eigenvalue weighted by Gasteiger charge is -2.10. The van der Waals surface area contributed by atoms with Gasteiger partial charge < -0.3 is 4.90 Å². The first kappa shape index (κ1) is 12.8. The second-order valence-corrected chi connectivity index (χ2v) is 5.05. The molecule has 0 atom stereocenters. The maximum absolute atomic E-state index is 12.2. The second kappa shape index (κ2) is 5.31. The highest BCUT2D eigenvalue weighted by Gasteiger charge is 2.09. The number of halogens is 1. The molecule has 0 radical (unpaired) electrons. The zero-order valence-electron chi connectivity index (χ0n) is 10.2. The van der Waals surface area contributed by atoms with Gasteiger partial charge in [-0.05, 0) is 36.4 Å². The number of rotatable bonds is 3. The van der Waals surface area contributed by atoms with E-state index >= 15 is 0 Å². The van der Waals surface area contributed by atoms with E-state index in [1.54, 1.807) is 24.4 Å². The Labute approximate surface area is 115 Å². The van der Waals surface area contributed by atoms with Crippen LogP contribution in [0.3, 0.4) is 0 Å². The maximum atomic E-state index is 12.2. The number of anilines is 1. The zero-order chi connectivity index (χ0) is 13.1. The molecule has 1 aromatic heterocycles. The lowest BCUT2D eigenvalue weighted by molar-refractivity contribution is 0.103. The van der Waals surface area contributed by atoms with Crippen molar-refractivity contribution in [1.29, 1.82) is 0 Å². The van der Waals surface area contributed by atoms with E-state index in [0.29, 0.717) is 11.1 Å². The molecule has 4 heteroatoms. The average Bonchev–Trinajstić information content (AvgIpc) is 2.39. The number of nitrogens with zero attached hydrogens (tertiary/aromatic N) is 2. The number of hydrogen-bond acceptors (Lipinski definition) is 3. The molecular weight excluding hydrogens is 292 g/mol. The summed E-state index contributed by atoms with van der Waals surface area (Å²) in [5, 5.41) is 0. The van der Waals surface area contributed by atoms with Crippen molar-refractivity contribution in [2.75, 3.05) is 19.0 Å². The van der Waals surface area contributed by atoms with Gasteiger partial charge in [-0.15, -0.1) is 0 Å². The van der Waals surface area contributed by atoms with Gasteiger partial charge >= 0.3 is 0 Å². The van der Waals surface area contributed by atoms with Crippen LogP contribution >= 0.6 is 15.9 Å². The molecule has 0 unspecified atom stereocenters.